The van der Waals surface area contributed by atoms with E-state index in [2.05, 4.69) is 0 Å². The summed E-state index contributed by atoms with van der Waals surface area (Å²) in [5.41, 5.74) is 6.09. The number of benzene rings is 1. The first-order valence-electron chi connectivity index (χ1n) is 7.09. The summed E-state index contributed by atoms with van der Waals surface area (Å²) in [6.07, 6.45) is 0.334. The lowest BCUT2D eigenvalue weighted by Crippen LogP contribution is -2.51. The molecule has 0 aromatic heterocycles. The maximum Gasteiger partial charge on any atom is 0.254 e. The molecule has 1 aliphatic rings. The number of carbonyl (C=O) groups is 2. The fraction of sp³-hybridized carbons (Fsp3) is 0.467. The number of amides is 2. The normalized spacial score (nSPS) is 16.7. The second kappa shape index (κ2) is 6.58. The van der Waals surface area contributed by atoms with Gasteiger partial charge in [-0.25, -0.2) is 0 Å². The molecule has 6 heteroatoms. The van der Waals surface area contributed by atoms with Crippen molar-refractivity contribution < 1.29 is 14.7 Å². The maximum atomic E-state index is 12.3. The van der Waals surface area contributed by atoms with Crippen LogP contribution in [0.4, 0.5) is 0 Å². The molecular formula is C15H21N3O3. The van der Waals surface area contributed by atoms with Crippen LogP contribution >= 0.6 is 0 Å². The van der Waals surface area contributed by atoms with Gasteiger partial charge < -0.3 is 20.6 Å². The molecule has 1 aromatic carbocycles. The summed E-state index contributed by atoms with van der Waals surface area (Å²) in [6.45, 7) is 3.85. The lowest BCUT2D eigenvalue weighted by molar-refractivity contribution is -0.132. The minimum absolute atomic E-state index is 0.0365. The first-order chi connectivity index (χ1) is 9.97. The van der Waals surface area contributed by atoms with Gasteiger partial charge in [-0.1, -0.05) is 6.07 Å². The van der Waals surface area contributed by atoms with E-state index in [1.807, 2.05) is 0 Å². The van der Waals surface area contributed by atoms with Gasteiger partial charge in [0.1, 0.15) is 5.75 Å². The smallest absolute Gasteiger partial charge is 0.254 e. The Morgan fingerprint density at radius 2 is 1.86 bits per heavy atom. The van der Waals surface area contributed by atoms with Crippen molar-refractivity contribution >= 4 is 11.8 Å². The number of hydrogen-bond donors (Lipinski definition) is 2. The number of nitrogens with zero attached hydrogens (tertiary/aromatic N) is 2. The summed E-state index contributed by atoms with van der Waals surface area (Å²) in [4.78, 5) is 27.7. The van der Waals surface area contributed by atoms with Gasteiger partial charge in [-0.15, -0.1) is 0 Å². The number of carbonyl (C=O) groups excluding carboxylic acids is 2. The molecule has 1 saturated heterocycles. The molecule has 1 aliphatic heterocycles. The van der Waals surface area contributed by atoms with Crippen molar-refractivity contribution in [2.45, 2.75) is 19.4 Å². The van der Waals surface area contributed by atoms with E-state index in [4.69, 9.17) is 5.73 Å². The molecule has 0 bridgehead atoms. The third-order valence-electron chi connectivity index (χ3n) is 3.51. The van der Waals surface area contributed by atoms with E-state index in [1.165, 1.54) is 12.1 Å². The van der Waals surface area contributed by atoms with E-state index in [0.29, 0.717) is 38.2 Å². The fourth-order valence-electron chi connectivity index (χ4n) is 2.38. The number of piperazine rings is 1. The highest BCUT2D eigenvalue weighted by atomic mass is 16.3. The Balaban J connectivity index is 1.92. The van der Waals surface area contributed by atoms with Crippen molar-refractivity contribution in [3.8, 4) is 5.75 Å². The SMILES string of the molecule is CC(N)CC(=O)N1CCN(C(=O)c2cccc(O)c2)CC1. The zero-order valence-electron chi connectivity index (χ0n) is 12.2. The largest absolute Gasteiger partial charge is 0.508 e. The van der Waals surface area contributed by atoms with Crippen LogP contribution in [0.15, 0.2) is 24.3 Å². The monoisotopic (exact) mass is 291 g/mol. The van der Waals surface area contributed by atoms with Crippen LogP contribution in [-0.2, 0) is 4.79 Å². The van der Waals surface area contributed by atoms with Crippen molar-refractivity contribution in [3.05, 3.63) is 29.8 Å². The molecule has 3 N–H and O–H groups in total. The summed E-state index contributed by atoms with van der Waals surface area (Å²) in [5, 5.41) is 9.42. The zero-order valence-corrected chi connectivity index (χ0v) is 12.2. The molecule has 1 fully saturated rings. The minimum Gasteiger partial charge on any atom is -0.508 e. The van der Waals surface area contributed by atoms with Gasteiger partial charge in [0.2, 0.25) is 5.91 Å². The number of phenolic OH excluding ortho intramolecular Hbond substituents is 1. The Morgan fingerprint density at radius 1 is 1.24 bits per heavy atom. The summed E-state index contributed by atoms with van der Waals surface area (Å²) in [6, 6.07) is 6.15. The molecule has 1 aromatic rings. The van der Waals surface area contributed by atoms with Crippen LogP contribution < -0.4 is 5.73 Å². The first kappa shape index (κ1) is 15.3. The van der Waals surface area contributed by atoms with Crippen LogP contribution in [0.5, 0.6) is 5.75 Å². The molecule has 6 nitrogen and oxygen atoms in total. The Morgan fingerprint density at radius 3 is 2.43 bits per heavy atom. The summed E-state index contributed by atoms with van der Waals surface area (Å²) in [5.74, 6) is -0.00811. The molecular weight excluding hydrogens is 270 g/mol. The Labute approximate surface area is 124 Å². The molecule has 0 radical (unpaired) electrons. The quantitative estimate of drug-likeness (QED) is 0.844. The standard InChI is InChI=1S/C15H21N3O3/c1-11(16)9-14(20)17-5-7-18(8-6-17)15(21)12-3-2-4-13(19)10-12/h2-4,10-11,19H,5-9,16H2,1H3. The Hall–Kier alpha value is -2.08. The molecule has 1 atom stereocenters. The van der Waals surface area contributed by atoms with Gasteiger partial charge in [-0.05, 0) is 25.1 Å². The third-order valence-corrected chi connectivity index (χ3v) is 3.51. The van der Waals surface area contributed by atoms with E-state index >= 15 is 0 Å². The van der Waals surface area contributed by atoms with Gasteiger partial charge in [0.05, 0.1) is 0 Å². The van der Waals surface area contributed by atoms with Gasteiger partial charge >= 0.3 is 0 Å². The van der Waals surface area contributed by atoms with Crippen molar-refractivity contribution in [1.29, 1.82) is 0 Å². The summed E-state index contributed by atoms with van der Waals surface area (Å²) in [7, 11) is 0. The number of rotatable bonds is 3. The van der Waals surface area contributed by atoms with Crippen molar-refractivity contribution in [2.24, 2.45) is 5.73 Å². The Bertz CT molecular complexity index is 523. The van der Waals surface area contributed by atoms with Crippen LogP contribution in [0.3, 0.4) is 0 Å². The molecule has 114 valence electrons. The lowest BCUT2D eigenvalue weighted by atomic mass is 10.1. The van der Waals surface area contributed by atoms with Crippen LogP contribution in [-0.4, -0.2) is 58.9 Å². The highest BCUT2D eigenvalue weighted by Gasteiger charge is 2.25. The molecule has 1 unspecified atom stereocenters. The fourth-order valence-corrected chi connectivity index (χ4v) is 2.38. The van der Waals surface area contributed by atoms with Crippen LogP contribution in [0.2, 0.25) is 0 Å². The number of aromatic hydroxyl groups is 1. The van der Waals surface area contributed by atoms with E-state index in [0.717, 1.165) is 0 Å². The van der Waals surface area contributed by atoms with E-state index < -0.39 is 0 Å². The predicted octanol–water partition coefficient (Wildman–Crippen LogP) is 0.414. The van der Waals surface area contributed by atoms with Gasteiger partial charge in [-0.3, -0.25) is 9.59 Å². The zero-order chi connectivity index (χ0) is 15.4. The summed E-state index contributed by atoms with van der Waals surface area (Å²) < 4.78 is 0. The van der Waals surface area contributed by atoms with Crippen LogP contribution in [0.1, 0.15) is 23.7 Å². The van der Waals surface area contributed by atoms with E-state index in [9.17, 15) is 14.7 Å². The maximum absolute atomic E-state index is 12.3. The van der Waals surface area contributed by atoms with Gasteiger partial charge in [-0.2, -0.15) is 0 Å². The lowest BCUT2D eigenvalue weighted by Gasteiger charge is -2.35. The molecule has 21 heavy (non-hydrogen) atoms. The first-order valence-corrected chi connectivity index (χ1v) is 7.09. The van der Waals surface area contributed by atoms with Crippen LogP contribution in [0.25, 0.3) is 0 Å². The highest BCUT2D eigenvalue weighted by Crippen LogP contribution is 2.14. The number of hydrogen-bond acceptors (Lipinski definition) is 4. The topological polar surface area (TPSA) is 86.9 Å². The van der Waals surface area contributed by atoms with Crippen molar-refractivity contribution in [3.63, 3.8) is 0 Å². The van der Waals surface area contributed by atoms with E-state index in [1.54, 1.807) is 28.9 Å². The van der Waals surface area contributed by atoms with Crippen molar-refractivity contribution in [1.82, 2.24) is 9.80 Å². The molecule has 0 spiro atoms. The second-order valence-corrected chi connectivity index (χ2v) is 5.40. The Kier molecular flexibility index (Phi) is 4.80. The van der Waals surface area contributed by atoms with Gasteiger partial charge in [0, 0.05) is 44.2 Å². The number of nitrogens with two attached hydrogens (primary N) is 1. The van der Waals surface area contributed by atoms with Gasteiger partial charge in [0.25, 0.3) is 5.91 Å². The molecule has 0 saturated carbocycles. The molecule has 0 aliphatic carbocycles. The molecule has 2 rings (SSSR count). The number of phenols is 1. The highest BCUT2D eigenvalue weighted by molar-refractivity contribution is 5.94. The van der Waals surface area contributed by atoms with Gasteiger partial charge in [0.15, 0.2) is 0 Å². The average Bonchev–Trinajstić information content (AvgIpc) is 2.46. The second-order valence-electron chi connectivity index (χ2n) is 5.40. The van der Waals surface area contributed by atoms with E-state index in [-0.39, 0.29) is 23.6 Å². The average molecular weight is 291 g/mol. The summed E-state index contributed by atoms with van der Waals surface area (Å²) >= 11 is 0. The molecule has 1 heterocycles. The predicted molar refractivity (Wildman–Crippen MR) is 78.9 cm³/mol. The van der Waals surface area contributed by atoms with Crippen molar-refractivity contribution in [2.75, 3.05) is 26.2 Å². The third kappa shape index (κ3) is 3.95. The molecule has 2 amide bonds. The van der Waals surface area contributed by atoms with Crippen LogP contribution in [0, 0.1) is 0 Å². The minimum atomic E-state index is -0.149.